The molecule has 1 heteroatoms. The second-order valence-corrected chi connectivity index (χ2v) is 10.7. The summed E-state index contributed by atoms with van der Waals surface area (Å²) in [5, 5.41) is 0. The van der Waals surface area contributed by atoms with Gasteiger partial charge in [-0.1, -0.05) is 87.1 Å². The third-order valence-electron chi connectivity index (χ3n) is 7.48. The molecular weight excluding hydrogens is 422 g/mol. The van der Waals surface area contributed by atoms with Crippen molar-refractivity contribution in [2.24, 2.45) is 0 Å². The fourth-order valence-electron chi connectivity index (χ4n) is 5.34. The van der Waals surface area contributed by atoms with Gasteiger partial charge in [-0.15, -0.1) is 19.7 Å². The van der Waals surface area contributed by atoms with Gasteiger partial charge in [0.25, 0.3) is 0 Å². The minimum Gasteiger partial charge on any atom is -0.320 e. The standard InChI is InChI=1S/C34H58N/c1-4-7-10-13-16-19-25-30-35(33-34-28-23-22-24-29-34,31-26-20-17-14-11-8-5-2)32-27-21-18-15-12-9-6-3/h4-6,22-24,28-29H,1-3,7-21,25-27,30-33H2/q+1. The Hall–Kier alpha value is -1.60. The van der Waals surface area contributed by atoms with Crippen molar-refractivity contribution in [3.8, 4) is 0 Å². The molecule has 1 rings (SSSR count). The van der Waals surface area contributed by atoms with Gasteiger partial charge in [0.2, 0.25) is 0 Å². The maximum atomic E-state index is 3.87. The van der Waals surface area contributed by atoms with Crippen LogP contribution in [0.2, 0.25) is 0 Å². The number of hydrogen-bond donors (Lipinski definition) is 0. The fourth-order valence-corrected chi connectivity index (χ4v) is 5.34. The van der Waals surface area contributed by atoms with Crippen LogP contribution in [0.25, 0.3) is 0 Å². The van der Waals surface area contributed by atoms with Crippen LogP contribution in [0.3, 0.4) is 0 Å². The van der Waals surface area contributed by atoms with E-state index in [9.17, 15) is 0 Å². The topological polar surface area (TPSA) is 0 Å². The van der Waals surface area contributed by atoms with Gasteiger partial charge in [-0.25, -0.2) is 0 Å². The van der Waals surface area contributed by atoms with Crippen LogP contribution in [-0.2, 0) is 6.54 Å². The molecule has 0 spiro atoms. The zero-order valence-electron chi connectivity index (χ0n) is 23.2. The number of benzene rings is 1. The lowest BCUT2D eigenvalue weighted by Gasteiger charge is -2.39. The van der Waals surface area contributed by atoms with Crippen molar-refractivity contribution in [2.75, 3.05) is 19.6 Å². The Morgan fingerprint density at radius 1 is 0.457 bits per heavy atom. The molecule has 0 saturated heterocycles. The van der Waals surface area contributed by atoms with Crippen molar-refractivity contribution in [3.63, 3.8) is 0 Å². The van der Waals surface area contributed by atoms with Crippen LogP contribution < -0.4 is 0 Å². The molecule has 0 fully saturated rings. The average molecular weight is 481 g/mol. The largest absolute Gasteiger partial charge is 0.320 e. The normalized spacial score (nSPS) is 11.4. The molecule has 0 radical (unpaired) electrons. The molecule has 0 unspecified atom stereocenters. The third kappa shape index (κ3) is 17.5. The highest BCUT2D eigenvalue weighted by atomic mass is 15.3. The Kier molecular flexibility index (Phi) is 20.5. The van der Waals surface area contributed by atoms with Gasteiger partial charge < -0.3 is 4.48 Å². The van der Waals surface area contributed by atoms with Gasteiger partial charge >= 0.3 is 0 Å². The van der Waals surface area contributed by atoms with E-state index in [0.717, 1.165) is 0 Å². The highest BCUT2D eigenvalue weighted by Gasteiger charge is 2.26. The molecule has 0 amide bonds. The van der Waals surface area contributed by atoms with Crippen molar-refractivity contribution in [1.29, 1.82) is 0 Å². The molecule has 0 N–H and O–H groups in total. The van der Waals surface area contributed by atoms with Crippen LogP contribution in [0, 0.1) is 0 Å². The number of quaternary nitrogens is 1. The Morgan fingerprint density at radius 3 is 1.17 bits per heavy atom. The summed E-state index contributed by atoms with van der Waals surface area (Å²) >= 11 is 0. The van der Waals surface area contributed by atoms with Crippen molar-refractivity contribution in [1.82, 2.24) is 0 Å². The number of unbranched alkanes of at least 4 members (excludes halogenated alkanes) is 15. The van der Waals surface area contributed by atoms with E-state index in [1.807, 2.05) is 0 Å². The first kappa shape index (κ1) is 31.4. The van der Waals surface area contributed by atoms with E-state index in [-0.39, 0.29) is 0 Å². The quantitative estimate of drug-likeness (QED) is 0.0702. The van der Waals surface area contributed by atoms with E-state index in [2.05, 4.69) is 68.3 Å². The summed E-state index contributed by atoms with van der Waals surface area (Å²) in [5.41, 5.74) is 1.52. The highest BCUT2D eigenvalue weighted by Crippen LogP contribution is 2.22. The van der Waals surface area contributed by atoms with Crippen LogP contribution in [0.1, 0.15) is 121 Å². The maximum absolute atomic E-state index is 3.87. The molecule has 0 saturated carbocycles. The number of rotatable bonds is 26. The Morgan fingerprint density at radius 2 is 0.800 bits per heavy atom. The lowest BCUT2D eigenvalue weighted by Crippen LogP contribution is -2.49. The SMILES string of the molecule is C=CCCCCCCC[N+](CCCCCCCC=C)(CCCCCCCC=C)Cc1ccccc1. The average Bonchev–Trinajstić information content (AvgIpc) is 2.88. The third-order valence-corrected chi connectivity index (χ3v) is 7.48. The van der Waals surface area contributed by atoms with E-state index >= 15 is 0 Å². The second kappa shape index (κ2) is 22.8. The van der Waals surface area contributed by atoms with Crippen LogP contribution in [0.5, 0.6) is 0 Å². The lowest BCUT2D eigenvalue weighted by atomic mass is 10.0. The molecule has 0 aliphatic rings. The fraction of sp³-hybridized carbons (Fsp3) is 0.647. The van der Waals surface area contributed by atoms with Gasteiger partial charge in [-0.3, -0.25) is 0 Å². The van der Waals surface area contributed by atoms with E-state index in [0.29, 0.717) is 0 Å². The van der Waals surface area contributed by atoms with Crippen molar-refractivity contribution in [2.45, 2.75) is 122 Å². The van der Waals surface area contributed by atoms with Crippen LogP contribution in [0.4, 0.5) is 0 Å². The molecule has 0 aliphatic heterocycles. The molecule has 0 aliphatic carbocycles. The van der Waals surface area contributed by atoms with E-state index in [1.165, 1.54) is 152 Å². The molecule has 0 atom stereocenters. The van der Waals surface area contributed by atoms with E-state index in [1.54, 1.807) is 0 Å². The zero-order chi connectivity index (χ0) is 25.3. The Labute approximate surface area is 220 Å². The molecule has 35 heavy (non-hydrogen) atoms. The summed E-state index contributed by atoms with van der Waals surface area (Å²) in [4.78, 5) is 0. The predicted octanol–water partition coefficient (Wildman–Crippen LogP) is 10.6. The van der Waals surface area contributed by atoms with Gasteiger partial charge in [0, 0.05) is 5.56 Å². The van der Waals surface area contributed by atoms with Gasteiger partial charge in [-0.05, 0) is 77.0 Å². The summed E-state index contributed by atoms with van der Waals surface area (Å²) in [6.45, 7) is 16.9. The molecule has 0 aromatic heterocycles. The number of nitrogens with zero attached hydrogens (tertiary/aromatic N) is 1. The summed E-state index contributed by atoms with van der Waals surface area (Å²) in [6, 6.07) is 11.3. The Bertz CT molecular complexity index is 562. The second-order valence-electron chi connectivity index (χ2n) is 10.7. The molecule has 0 heterocycles. The van der Waals surface area contributed by atoms with Crippen molar-refractivity contribution >= 4 is 0 Å². The highest BCUT2D eigenvalue weighted by molar-refractivity contribution is 5.13. The number of hydrogen-bond acceptors (Lipinski definition) is 0. The van der Waals surface area contributed by atoms with Gasteiger partial charge in [0.15, 0.2) is 0 Å². The molecule has 1 aromatic rings. The van der Waals surface area contributed by atoms with E-state index in [4.69, 9.17) is 0 Å². The van der Waals surface area contributed by atoms with Gasteiger partial charge in [0.1, 0.15) is 6.54 Å². The van der Waals surface area contributed by atoms with Crippen molar-refractivity contribution < 1.29 is 4.48 Å². The predicted molar refractivity (Wildman–Crippen MR) is 159 cm³/mol. The molecule has 1 aromatic carbocycles. The summed E-state index contributed by atoms with van der Waals surface area (Å²) in [5.74, 6) is 0. The van der Waals surface area contributed by atoms with Crippen LogP contribution in [0.15, 0.2) is 68.3 Å². The molecule has 198 valence electrons. The van der Waals surface area contributed by atoms with Crippen LogP contribution in [-0.4, -0.2) is 24.1 Å². The molecular formula is C34H58N+. The lowest BCUT2D eigenvalue weighted by molar-refractivity contribution is -0.941. The first-order valence-corrected chi connectivity index (χ1v) is 15.0. The monoisotopic (exact) mass is 480 g/mol. The summed E-state index contributed by atoms with van der Waals surface area (Å²) in [6.07, 6.45) is 30.2. The van der Waals surface area contributed by atoms with Gasteiger partial charge in [0.05, 0.1) is 19.6 Å². The minimum absolute atomic E-state index is 1.17. The minimum atomic E-state index is 1.17. The Balaban J connectivity index is 2.69. The first-order chi connectivity index (χ1) is 17.3. The van der Waals surface area contributed by atoms with E-state index < -0.39 is 0 Å². The molecule has 1 nitrogen and oxygen atoms in total. The van der Waals surface area contributed by atoms with Crippen molar-refractivity contribution in [3.05, 3.63) is 73.9 Å². The number of allylic oxidation sites excluding steroid dienone is 3. The van der Waals surface area contributed by atoms with Gasteiger partial charge in [-0.2, -0.15) is 0 Å². The summed E-state index contributed by atoms with van der Waals surface area (Å²) < 4.78 is 1.30. The zero-order valence-corrected chi connectivity index (χ0v) is 23.2. The maximum Gasteiger partial charge on any atom is 0.104 e. The molecule has 0 bridgehead atoms. The smallest absolute Gasteiger partial charge is 0.104 e. The summed E-state index contributed by atoms with van der Waals surface area (Å²) in [7, 11) is 0. The first-order valence-electron chi connectivity index (χ1n) is 15.0. The van der Waals surface area contributed by atoms with Crippen LogP contribution >= 0.6 is 0 Å².